The molecule has 0 aliphatic heterocycles. The molecule has 0 aromatic carbocycles. The molecule has 0 amide bonds. The van der Waals surface area contributed by atoms with Gasteiger partial charge in [-0.05, 0) is 24.3 Å². The summed E-state index contributed by atoms with van der Waals surface area (Å²) in [5, 5.41) is 12.1. The molecular weight excluding hydrogens is 296 g/mol. The minimum atomic E-state index is -0.0176. The molecule has 0 saturated carbocycles. The van der Waals surface area contributed by atoms with Crippen LogP contribution in [0.2, 0.25) is 0 Å². The van der Waals surface area contributed by atoms with Gasteiger partial charge in [-0.15, -0.1) is 11.3 Å². The van der Waals surface area contributed by atoms with E-state index in [9.17, 15) is 5.11 Å². The van der Waals surface area contributed by atoms with Crippen molar-refractivity contribution in [1.82, 2.24) is 19.9 Å². The van der Waals surface area contributed by atoms with Gasteiger partial charge in [0.2, 0.25) is 5.88 Å². The molecule has 106 valence electrons. The van der Waals surface area contributed by atoms with Gasteiger partial charge in [0.25, 0.3) is 0 Å². The van der Waals surface area contributed by atoms with Crippen LogP contribution in [0.4, 0.5) is 0 Å². The zero-order chi connectivity index (χ0) is 14.9. The van der Waals surface area contributed by atoms with Crippen molar-refractivity contribution in [2.75, 3.05) is 0 Å². The second kappa shape index (κ2) is 5.16. The topological polar surface area (TPSA) is 71.8 Å². The van der Waals surface area contributed by atoms with Crippen LogP contribution in [-0.4, -0.2) is 25.0 Å². The molecule has 0 saturated heterocycles. The second-order valence-electron chi connectivity index (χ2n) is 4.65. The summed E-state index contributed by atoms with van der Waals surface area (Å²) in [4.78, 5) is 17.2. The van der Waals surface area contributed by atoms with E-state index in [0.29, 0.717) is 16.0 Å². The molecule has 0 aliphatic carbocycles. The first-order valence-corrected chi connectivity index (χ1v) is 7.51. The molecule has 0 fully saturated rings. The van der Waals surface area contributed by atoms with Crippen molar-refractivity contribution in [3.63, 3.8) is 0 Å². The Bertz CT molecular complexity index is 938. The van der Waals surface area contributed by atoms with E-state index in [1.807, 2.05) is 35.7 Å². The Hall–Kier alpha value is -2.86. The summed E-state index contributed by atoms with van der Waals surface area (Å²) in [7, 11) is 0. The zero-order valence-electron chi connectivity index (χ0n) is 11.3. The number of hydrogen-bond acceptors (Lipinski definition) is 6. The fraction of sp³-hybridized carbons (Fsp3) is 0. The summed E-state index contributed by atoms with van der Waals surface area (Å²) in [6.45, 7) is 0. The molecule has 0 atom stereocenters. The van der Waals surface area contributed by atoms with Crippen LogP contribution < -0.4 is 0 Å². The maximum Gasteiger partial charge on any atom is 0.232 e. The Kier molecular flexibility index (Phi) is 3.01. The van der Waals surface area contributed by atoms with Crippen LogP contribution >= 0.6 is 11.3 Å². The van der Waals surface area contributed by atoms with Gasteiger partial charge in [-0.3, -0.25) is 9.97 Å². The normalized spacial score (nSPS) is 10.9. The van der Waals surface area contributed by atoms with Crippen molar-refractivity contribution in [3.05, 3.63) is 54.3 Å². The molecule has 1 N–H and O–H groups in total. The molecular formula is C16H10N4OS. The van der Waals surface area contributed by atoms with Crippen molar-refractivity contribution >= 4 is 21.6 Å². The summed E-state index contributed by atoms with van der Waals surface area (Å²) in [6.07, 6.45) is 5.10. The van der Waals surface area contributed by atoms with E-state index < -0.39 is 0 Å². The quantitative estimate of drug-likeness (QED) is 0.613. The van der Waals surface area contributed by atoms with Crippen LogP contribution in [0.25, 0.3) is 32.9 Å². The highest BCUT2D eigenvalue weighted by atomic mass is 32.1. The van der Waals surface area contributed by atoms with Crippen molar-refractivity contribution in [2.45, 2.75) is 0 Å². The van der Waals surface area contributed by atoms with E-state index in [1.54, 1.807) is 18.6 Å². The smallest absolute Gasteiger partial charge is 0.232 e. The maximum atomic E-state index is 10.2. The first kappa shape index (κ1) is 12.8. The molecule has 6 heteroatoms. The van der Waals surface area contributed by atoms with E-state index in [1.165, 1.54) is 11.3 Å². The molecule has 22 heavy (non-hydrogen) atoms. The summed E-state index contributed by atoms with van der Waals surface area (Å²) in [5.74, 6) is 0.435. The standard InChI is InChI=1S/C16H10N4OS/c21-16-14-13(11(9-22-14)12-5-1-2-7-18-12)19-15(20-16)10-4-3-6-17-8-10/h1-9H,(H,19,20,21). The van der Waals surface area contributed by atoms with Crippen molar-refractivity contribution < 1.29 is 5.11 Å². The lowest BCUT2D eigenvalue weighted by Gasteiger charge is -2.03. The van der Waals surface area contributed by atoms with E-state index in [2.05, 4.69) is 19.9 Å². The molecule has 0 unspecified atom stereocenters. The Morgan fingerprint density at radius 3 is 2.73 bits per heavy atom. The Labute approximate surface area is 130 Å². The minimum Gasteiger partial charge on any atom is -0.492 e. The van der Waals surface area contributed by atoms with Crippen molar-refractivity contribution in [3.8, 4) is 28.5 Å². The number of aromatic hydroxyl groups is 1. The van der Waals surface area contributed by atoms with Crippen LogP contribution in [0.3, 0.4) is 0 Å². The van der Waals surface area contributed by atoms with Gasteiger partial charge in [-0.1, -0.05) is 6.07 Å². The number of pyridine rings is 2. The van der Waals surface area contributed by atoms with Gasteiger partial charge in [0.1, 0.15) is 4.70 Å². The zero-order valence-corrected chi connectivity index (χ0v) is 12.2. The van der Waals surface area contributed by atoms with Crippen molar-refractivity contribution in [1.29, 1.82) is 0 Å². The molecule has 0 spiro atoms. The van der Waals surface area contributed by atoms with E-state index in [0.717, 1.165) is 16.8 Å². The second-order valence-corrected chi connectivity index (χ2v) is 5.53. The highest BCUT2D eigenvalue weighted by molar-refractivity contribution is 7.18. The molecule has 4 heterocycles. The van der Waals surface area contributed by atoms with Crippen LogP contribution in [0.1, 0.15) is 0 Å². The van der Waals surface area contributed by atoms with Gasteiger partial charge in [0.05, 0.1) is 11.2 Å². The molecule has 0 bridgehead atoms. The summed E-state index contributed by atoms with van der Waals surface area (Å²) in [6, 6.07) is 9.39. The first-order valence-electron chi connectivity index (χ1n) is 6.63. The van der Waals surface area contributed by atoms with Crippen molar-refractivity contribution in [2.24, 2.45) is 0 Å². The molecule has 4 rings (SSSR count). The minimum absolute atomic E-state index is 0.0176. The summed E-state index contributed by atoms with van der Waals surface area (Å²) < 4.78 is 0.660. The SMILES string of the molecule is Oc1nc(-c2cccnc2)nc2c(-c3ccccn3)csc12. The number of aromatic nitrogens is 4. The van der Waals surface area contributed by atoms with E-state index in [4.69, 9.17) is 0 Å². The number of fused-ring (bicyclic) bond motifs is 1. The van der Waals surface area contributed by atoms with Gasteiger partial charge in [-0.25, -0.2) is 4.98 Å². The van der Waals surface area contributed by atoms with E-state index in [-0.39, 0.29) is 5.88 Å². The Balaban J connectivity index is 1.97. The maximum absolute atomic E-state index is 10.2. The van der Waals surface area contributed by atoms with Gasteiger partial charge < -0.3 is 5.11 Å². The lowest BCUT2D eigenvalue weighted by Crippen LogP contribution is -1.91. The predicted octanol–water partition coefficient (Wildman–Crippen LogP) is 3.52. The predicted molar refractivity (Wildman–Crippen MR) is 85.5 cm³/mol. The van der Waals surface area contributed by atoms with Gasteiger partial charge in [0.15, 0.2) is 5.82 Å². The van der Waals surface area contributed by atoms with Gasteiger partial charge >= 0.3 is 0 Å². The number of thiophene rings is 1. The third-order valence-electron chi connectivity index (χ3n) is 3.26. The van der Waals surface area contributed by atoms with E-state index >= 15 is 0 Å². The van der Waals surface area contributed by atoms with Crippen LogP contribution in [-0.2, 0) is 0 Å². The first-order chi connectivity index (χ1) is 10.8. The fourth-order valence-corrected chi connectivity index (χ4v) is 3.12. The van der Waals surface area contributed by atoms with Crippen LogP contribution in [0, 0.1) is 0 Å². The average Bonchev–Trinajstić information content (AvgIpc) is 3.01. The molecule has 4 aromatic heterocycles. The highest BCUT2D eigenvalue weighted by Gasteiger charge is 2.15. The molecule has 4 aromatic rings. The summed E-state index contributed by atoms with van der Waals surface area (Å²) in [5.41, 5.74) is 3.18. The Morgan fingerprint density at radius 2 is 1.95 bits per heavy atom. The number of rotatable bonds is 2. The number of nitrogens with zero attached hydrogens (tertiary/aromatic N) is 4. The summed E-state index contributed by atoms with van der Waals surface area (Å²) >= 11 is 1.41. The largest absolute Gasteiger partial charge is 0.492 e. The lowest BCUT2D eigenvalue weighted by molar-refractivity contribution is 0.461. The van der Waals surface area contributed by atoms with Crippen LogP contribution in [0.5, 0.6) is 5.88 Å². The third kappa shape index (κ3) is 2.10. The molecule has 0 radical (unpaired) electrons. The monoisotopic (exact) mass is 306 g/mol. The molecule has 0 aliphatic rings. The Morgan fingerprint density at radius 1 is 1.00 bits per heavy atom. The highest BCUT2D eigenvalue weighted by Crippen LogP contribution is 2.36. The van der Waals surface area contributed by atoms with Gasteiger partial charge in [-0.2, -0.15) is 4.98 Å². The average molecular weight is 306 g/mol. The lowest BCUT2D eigenvalue weighted by atomic mass is 10.2. The van der Waals surface area contributed by atoms with Gasteiger partial charge in [0, 0.05) is 35.1 Å². The number of hydrogen-bond donors (Lipinski definition) is 1. The molecule has 5 nitrogen and oxygen atoms in total. The van der Waals surface area contributed by atoms with Crippen LogP contribution in [0.15, 0.2) is 54.3 Å². The third-order valence-corrected chi connectivity index (χ3v) is 4.22. The fourth-order valence-electron chi connectivity index (χ4n) is 2.23.